The number of hydrogen-bond acceptors (Lipinski definition) is 4. The van der Waals surface area contributed by atoms with Gasteiger partial charge in [0.25, 0.3) is 5.91 Å². The third-order valence-corrected chi connectivity index (χ3v) is 4.25. The van der Waals surface area contributed by atoms with Crippen LogP contribution in [0.1, 0.15) is 43.6 Å². The first-order valence-corrected chi connectivity index (χ1v) is 10.3. The summed E-state index contributed by atoms with van der Waals surface area (Å²) in [6.45, 7) is 9.55. The van der Waals surface area contributed by atoms with Crippen LogP contribution in [0.25, 0.3) is 0 Å². The Kier molecular flexibility index (Phi) is 13.2. The summed E-state index contributed by atoms with van der Waals surface area (Å²) < 4.78 is 5.38. The molecule has 1 rings (SSSR count). The Morgan fingerprint density at radius 3 is 2.48 bits per heavy atom. The van der Waals surface area contributed by atoms with E-state index in [1.54, 1.807) is 32.1 Å². The monoisotopic (exact) mass is 547 g/mol. The number of rotatable bonds is 8. The van der Waals surface area contributed by atoms with E-state index in [0.717, 1.165) is 12.0 Å². The summed E-state index contributed by atoms with van der Waals surface area (Å²) in [6, 6.07) is 7.58. The molecule has 176 valence electrons. The van der Waals surface area contributed by atoms with Gasteiger partial charge in [0, 0.05) is 46.3 Å². The molecule has 0 fully saturated rings. The van der Waals surface area contributed by atoms with Gasteiger partial charge in [0.2, 0.25) is 0 Å². The number of nitrogens with zero attached hydrogens (tertiary/aromatic N) is 2. The van der Waals surface area contributed by atoms with Gasteiger partial charge in [-0.1, -0.05) is 19.1 Å². The zero-order valence-electron chi connectivity index (χ0n) is 19.7. The van der Waals surface area contributed by atoms with Crippen LogP contribution >= 0.6 is 24.0 Å². The van der Waals surface area contributed by atoms with E-state index in [0.29, 0.717) is 31.2 Å². The van der Waals surface area contributed by atoms with Crippen molar-refractivity contribution in [2.24, 2.45) is 10.9 Å². The zero-order chi connectivity index (χ0) is 22.7. The van der Waals surface area contributed by atoms with E-state index >= 15 is 0 Å². The van der Waals surface area contributed by atoms with Crippen molar-refractivity contribution in [2.75, 3.05) is 40.8 Å². The lowest BCUT2D eigenvalue weighted by molar-refractivity contribution is 0.0277. The molecule has 0 spiro atoms. The van der Waals surface area contributed by atoms with E-state index in [1.807, 2.05) is 39.0 Å². The minimum absolute atomic E-state index is 0. The number of halogens is 1. The van der Waals surface area contributed by atoms with Crippen molar-refractivity contribution in [3.63, 3.8) is 0 Å². The van der Waals surface area contributed by atoms with Gasteiger partial charge in [-0.2, -0.15) is 0 Å². The first kappa shape index (κ1) is 29.0. The van der Waals surface area contributed by atoms with Crippen molar-refractivity contribution in [1.82, 2.24) is 20.9 Å². The fourth-order valence-corrected chi connectivity index (χ4v) is 2.78. The minimum Gasteiger partial charge on any atom is -0.444 e. The lowest BCUT2D eigenvalue weighted by Gasteiger charge is -2.26. The summed E-state index contributed by atoms with van der Waals surface area (Å²) in [7, 11) is 5.09. The van der Waals surface area contributed by atoms with Gasteiger partial charge < -0.3 is 25.6 Å². The van der Waals surface area contributed by atoms with Crippen LogP contribution in [0.2, 0.25) is 0 Å². The molecule has 0 aliphatic heterocycles. The van der Waals surface area contributed by atoms with Crippen LogP contribution in [-0.4, -0.2) is 69.2 Å². The Morgan fingerprint density at radius 1 is 1.23 bits per heavy atom. The van der Waals surface area contributed by atoms with Gasteiger partial charge in [0.15, 0.2) is 5.96 Å². The number of carbonyl (C=O) groups excluding carboxylic acids is 2. The standard InChI is InChI=1S/C22H37N5O3.HI/c1-16(15-27(7)21(29)30-22(2,3)4)14-26-20(24-6)25-12-11-17-9-8-10-18(13-17)19(28)23-5;/h8-10,13,16H,11-12,14-15H2,1-7H3,(H,23,28)(H2,24,25,26);1H. The Balaban J connectivity index is 0.00000900. The Hall–Kier alpha value is -2.04. The molecule has 1 aromatic carbocycles. The van der Waals surface area contributed by atoms with Crippen LogP contribution in [0.15, 0.2) is 29.3 Å². The molecular weight excluding hydrogens is 509 g/mol. The number of benzene rings is 1. The molecular formula is C22H38IN5O3. The average Bonchev–Trinajstić information content (AvgIpc) is 2.68. The molecule has 0 saturated carbocycles. The van der Waals surface area contributed by atoms with Crippen molar-refractivity contribution in [3.05, 3.63) is 35.4 Å². The van der Waals surface area contributed by atoms with E-state index in [1.165, 1.54) is 0 Å². The Morgan fingerprint density at radius 2 is 1.90 bits per heavy atom. The first-order valence-electron chi connectivity index (χ1n) is 10.3. The number of carbonyl (C=O) groups is 2. The molecule has 2 amide bonds. The zero-order valence-corrected chi connectivity index (χ0v) is 22.1. The first-order chi connectivity index (χ1) is 14.1. The molecule has 3 N–H and O–H groups in total. The molecule has 0 aliphatic carbocycles. The number of ether oxygens (including phenoxy) is 1. The smallest absolute Gasteiger partial charge is 0.410 e. The summed E-state index contributed by atoms with van der Waals surface area (Å²) in [4.78, 5) is 29.6. The Labute approximate surface area is 203 Å². The average molecular weight is 547 g/mol. The topological polar surface area (TPSA) is 95.1 Å². The third kappa shape index (κ3) is 11.8. The second-order valence-corrected chi connectivity index (χ2v) is 8.38. The SMILES string of the molecule is CN=C(NCCc1cccc(C(=O)NC)c1)NCC(C)CN(C)C(=O)OC(C)(C)C.I. The maximum Gasteiger partial charge on any atom is 0.410 e. The summed E-state index contributed by atoms with van der Waals surface area (Å²) in [5.41, 5.74) is 1.23. The molecule has 0 saturated heterocycles. The van der Waals surface area contributed by atoms with Gasteiger partial charge in [-0.3, -0.25) is 9.79 Å². The number of amides is 2. The molecule has 0 heterocycles. The van der Waals surface area contributed by atoms with Gasteiger partial charge in [-0.15, -0.1) is 24.0 Å². The van der Waals surface area contributed by atoms with Crippen LogP contribution in [0.5, 0.6) is 0 Å². The predicted octanol–water partition coefficient (Wildman–Crippen LogP) is 2.87. The number of guanidine groups is 1. The van der Waals surface area contributed by atoms with Gasteiger partial charge >= 0.3 is 6.09 Å². The second-order valence-electron chi connectivity index (χ2n) is 8.38. The summed E-state index contributed by atoms with van der Waals surface area (Å²) in [5.74, 6) is 0.821. The lowest BCUT2D eigenvalue weighted by atomic mass is 10.1. The molecule has 1 atom stereocenters. The molecule has 0 bridgehead atoms. The number of nitrogens with one attached hydrogen (secondary N) is 3. The highest BCUT2D eigenvalue weighted by Crippen LogP contribution is 2.10. The molecule has 0 aromatic heterocycles. The molecule has 0 radical (unpaired) electrons. The van der Waals surface area contributed by atoms with E-state index in [9.17, 15) is 9.59 Å². The van der Waals surface area contributed by atoms with E-state index in [4.69, 9.17) is 4.74 Å². The van der Waals surface area contributed by atoms with E-state index in [-0.39, 0.29) is 41.9 Å². The number of aliphatic imine (C=N–C) groups is 1. The maximum atomic E-state index is 12.1. The van der Waals surface area contributed by atoms with Crippen LogP contribution in [0.3, 0.4) is 0 Å². The normalized spacial score (nSPS) is 12.3. The van der Waals surface area contributed by atoms with Gasteiger partial charge in [-0.05, 0) is 50.8 Å². The van der Waals surface area contributed by atoms with Crippen molar-refractivity contribution in [3.8, 4) is 0 Å². The molecule has 0 aliphatic rings. The van der Waals surface area contributed by atoms with E-state index in [2.05, 4.69) is 27.9 Å². The van der Waals surface area contributed by atoms with Crippen LogP contribution in [-0.2, 0) is 11.2 Å². The van der Waals surface area contributed by atoms with Crippen molar-refractivity contribution in [2.45, 2.75) is 39.7 Å². The molecule has 31 heavy (non-hydrogen) atoms. The molecule has 8 nitrogen and oxygen atoms in total. The lowest BCUT2D eigenvalue weighted by Crippen LogP contribution is -2.43. The molecule has 1 unspecified atom stereocenters. The fourth-order valence-electron chi connectivity index (χ4n) is 2.78. The van der Waals surface area contributed by atoms with Crippen LogP contribution in [0.4, 0.5) is 4.79 Å². The van der Waals surface area contributed by atoms with Gasteiger partial charge in [0.1, 0.15) is 5.60 Å². The highest BCUT2D eigenvalue weighted by molar-refractivity contribution is 14.0. The van der Waals surface area contributed by atoms with Crippen molar-refractivity contribution in [1.29, 1.82) is 0 Å². The fraction of sp³-hybridized carbons (Fsp3) is 0.591. The van der Waals surface area contributed by atoms with Crippen LogP contribution in [0, 0.1) is 5.92 Å². The summed E-state index contributed by atoms with van der Waals surface area (Å²) in [5, 5.41) is 9.19. The third-order valence-electron chi connectivity index (χ3n) is 4.25. The minimum atomic E-state index is -0.501. The summed E-state index contributed by atoms with van der Waals surface area (Å²) in [6.07, 6.45) is 0.443. The largest absolute Gasteiger partial charge is 0.444 e. The predicted molar refractivity (Wildman–Crippen MR) is 136 cm³/mol. The Bertz CT molecular complexity index is 734. The van der Waals surface area contributed by atoms with Gasteiger partial charge in [-0.25, -0.2) is 4.79 Å². The van der Waals surface area contributed by atoms with Gasteiger partial charge in [0.05, 0.1) is 0 Å². The van der Waals surface area contributed by atoms with Crippen LogP contribution < -0.4 is 16.0 Å². The molecule has 9 heteroatoms. The maximum absolute atomic E-state index is 12.1. The second kappa shape index (κ2) is 14.1. The number of hydrogen-bond donors (Lipinski definition) is 3. The quantitative estimate of drug-likeness (QED) is 0.265. The molecule has 1 aromatic rings. The van der Waals surface area contributed by atoms with Crippen molar-refractivity contribution < 1.29 is 14.3 Å². The highest BCUT2D eigenvalue weighted by Gasteiger charge is 2.20. The summed E-state index contributed by atoms with van der Waals surface area (Å²) >= 11 is 0. The highest BCUT2D eigenvalue weighted by atomic mass is 127. The van der Waals surface area contributed by atoms with E-state index < -0.39 is 5.60 Å². The van der Waals surface area contributed by atoms with Crippen molar-refractivity contribution >= 4 is 41.9 Å².